The molecule has 1 aliphatic heterocycles. The van der Waals surface area contributed by atoms with Crippen LogP contribution in [0.15, 0.2) is 0 Å². The van der Waals surface area contributed by atoms with Gasteiger partial charge in [-0.1, -0.05) is 0 Å². The van der Waals surface area contributed by atoms with Gasteiger partial charge in [-0.2, -0.15) is 0 Å². The van der Waals surface area contributed by atoms with E-state index in [0.29, 0.717) is 13.2 Å². The van der Waals surface area contributed by atoms with Crippen molar-refractivity contribution in [2.75, 3.05) is 26.8 Å². The number of amides is 1. The minimum absolute atomic E-state index is 0.203. The average molecular weight is 173 g/mol. The zero-order valence-electron chi connectivity index (χ0n) is 7.58. The van der Waals surface area contributed by atoms with Gasteiger partial charge in [0.1, 0.15) is 0 Å². The Bertz CT molecular complexity index is 160. The fourth-order valence-electron chi connectivity index (χ4n) is 1.39. The monoisotopic (exact) mass is 173 g/mol. The number of carbonyl (C=O) groups is 1. The first-order valence-corrected chi connectivity index (χ1v) is 4.22. The van der Waals surface area contributed by atoms with Gasteiger partial charge in [0.25, 0.3) is 0 Å². The van der Waals surface area contributed by atoms with Gasteiger partial charge in [-0.15, -0.1) is 0 Å². The molecule has 1 rings (SSSR count). The molecular formula is C8H15NO3. The normalized spacial score (nSPS) is 22.8. The molecule has 0 bridgehead atoms. The van der Waals surface area contributed by atoms with Gasteiger partial charge in [-0.3, -0.25) is 0 Å². The summed E-state index contributed by atoms with van der Waals surface area (Å²) in [4.78, 5) is 12.7. The fraction of sp³-hybridized carbons (Fsp3) is 0.875. The molecule has 1 fully saturated rings. The van der Waals surface area contributed by atoms with E-state index in [1.165, 1.54) is 7.11 Å². The average Bonchev–Trinajstić information content (AvgIpc) is 2.52. The van der Waals surface area contributed by atoms with E-state index in [-0.39, 0.29) is 12.2 Å². The first kappa shape index (κ1) is 9.32. The molecule has 1 heterocycles. The zero-order chi connectivity index (χ0) is 8.97. The van der Waals surface area contributed by atoms with Crippen molar-refractivity contribution in [3.8, 4) is 0 Å². The van der Waals surface area contributed by atoms with Crippen molar-refractivity contribution < 1.29 is 14.3 Å². The molecular weight excluding hydrogens is 158 g/mol. The lowest BCUT2D eigenvalue weighted by Crippen LogP contribution is -2.29. The van der Waals surface area contributed by atoms with E-state index in [4.69, 9.17) is 4.74 Å². The van der Waals surface area contributed by atoms with E-state index in [2.05, 4.69) is 4.74 Å². The Labute approximate surface area is 72.4 Å². The van der Waals surface area contributed by atoms with Crippen LogP contribution in [-0.2, 0) is 9.47 Å². The van der Waals surface area contributed by atoms with Gasteiger partial charge in [0.2, 0.25) is 0 Å². The van der Waals surface area contributed by atoms with Crippen molar-refractivity contribution >= 4 is 6.09 Å². The molecule has 0 saturated carbocycles. The summed E-state index contributed by atoms with van der Waals surface area (Å²) in [5, 5.41) is 0. The van der Waals surface area contributed by atoms with Crippen LogP contribution in [0.5, 0.6) is 0 Å². The summed E-state index contributed by atoms with van der Waals surface area (Å²) in [5.41, 5.74) is 0. The molecule has 1 unspecified atom stereocenters. The summed E-state index contributed by atoms with van der Waals surface area (Å²) in [6, 6.07) is 0. The van der Waals surface area contributed by atoms with Crippen molar-refractivity contribution in [1.82, 2.24) is 4.90 Å². The molecule has 1 atom stereocenters. The zero-order valence-corrected chi connectivity index (χ0v) is 7.58. The predicted molar refractivity (Wildman–Crippen MR) is 44.0 cm³/mol. The van der Waals surface area contributed by atoms with Crippen LogP contribution in [0.4, 0.5) is 4.79 Å². The van der Waals surface area contributed by atoms with E-state index in [1.807, 2.05) is 6.92 Å². The number of carbonyl (C=O) groups excluding carboxylic acids is 1. The van der Waals surface area contributed by atoms with Crippen molar-refractivity contribution in [2.45, 2.75) is 19.4 Å². The number of hydrogen-bond donors (Lipinski definition) is 0. The van der Waals surface area contributed by atoms with Crippen molar-refractivity contribution in [1.29, 1.82) is 0 Å². The Morgan fingerprint density at radius 2 is 2.42 bits per heavy atom. The fourth-order valence-corrected chi connectivity index (χ4v) is 1.39. The van der Waals surface area contributed by atoms with Gasteiger partial charge < -0.3 is 14.4 Å². The molecule has 1 saturated heterocycles. The molecule has 4 heteroatoms. The number of hydrogen-bond acceptors (Lipinski definition) is 3. The number of nitrogens with zero attached hydrogens (tertiary/aromatic N) is 1. The maximum absolute atomic E-state index is 11.0. The molecule has 12 heavy (non-hydrogen) atoms. The molecule has 0 aromatic carbocycles. The van der Waals surface area contributed by atoms with Crippen LogP contribution >= 0.6 is 0 Å². The second-order valence-electron chi connectivity index (χ2n) is 2.78. The lowest BCUT2D eigenvalue weighted by molar-refractivity contribution is 0.0660. The third-order valence-electron chi connectivity index (χ3n) is 1.98. The van der Waals surface area contributed by atoms with Crippen molar-refractivity contribution in [3.05, 3.63) is 0 Å². The van der Waals surface area contributed by atoms with Crippen LogP contribution in [0, 0.1) is 0 Å². The molecule has 0 N–H and O–H groups in total. The van der Waals surface area contributed by atoms with Crippen molar-refractivity contribution in [2.24, 2.45) is 0 Å². The summed E-state index contributed by atoms with van der Waals surface area (Å²) in [6.07, 6.45) is 0.870. The Balaban J connectivity index is 2.30. The topological polar surface area (TPSA) is 38.8 Å². The summed E-state index contributed by atoms with van der Waals surface area (Å²) in [7, 11) is 1.40. The minimum atomic E-state index is -0.253. The summed E-state index contributed by atoms with van der Waals surface area (Å²) in [6.45, 7) is 4.08. The molecule has 4 nitrogen and oxygen atoms in total. The number of ether oxygens (including phenoxy) is 2. The van der Waals surface area contributed by atoms with Crippen LogP contribution < -0.4 is 0 Å². The lowest BCUT2D eigenvalue weighted by atomic mass is 10.3. The maximum atomic E-state index is 11.0. The number of likely N-dealkylation sites (tertiary alicyclic amines) is 1. The lowest BCUT2D eigenvalue weighted by Gasteiger charge is -2.14. The SMILES string of the molecule is CCOC1CCN(C(=O)OC)C1. The Morgan fingerprint density at radius 3 is 3.00 bits per heavy atom. The van der Waals surface area contributed by atoms with E-state index >= 15 is 0 Å². The first-order valence-electron chi connectivity index (χ1n) is 4.22. The van der Waals surface area contributed by atoms with Crippen LogP contribution in [0.2, 0.25) is 0 Å². The number of rotatable bonds is 2. The maximum Gasteiger partial charge on any atom is 0.409 e. The second kappa shape index (κ2) is 4.30. The molecule has 0 radical (unpaired) electrons. The molecule has 1 amide bonds. The highest BCUT2D eigenvalue weighted by molar-refractivity contribution is 5.67. The summed E-state index contributed by atoms with van der Waals surface area (Å²) in [5.74, 6) is 0. The van der Waals surface area contributed by atoms with Gasteiger partial charge in [-0.05, 0) is 13.3 Å². The highest BCUT2D eigenvalue weighted by atomic mass is 16.5. The summed E-state index contributed by atoms with van der Waals surface area (Å²) >= 11 is 0. The molecule has 0 spiro atoms. The minimum Gasteiger partial charge on any atom is -0.453 e. The number of methoxy groups -OCH3 is 1. The van der Waals surface area contributed by atoms with Crippen molar-refractivity contribution in [3.63, 3.8) is 0 Å². The largest absolute Gasteiger partial charge is 0.453 e. The Kier molecular flexibility index (Phi) is 3.34. The van der Waals surface area contributed by atoms with Gasteiger partial charge in [0.15, 0.2) is 0 Å². The quantitative estimate of drug-likeness (QED) is 0.621. The predicted octanol–water partition coefficient (Wildman–Crippen LogP) is 0.864. The van der Waals surface area contributed by atoms with Crippen LogP contribution in [0.1, 0.15) is 13.3 Å². The van der Waals surface area contributed by atoms with Crippen LogP contribution in [0.25, 0.3) is 0 Å². The molecule has 70 valence electrons. The van der Waals surface area contributed by atoms with Crippen LogP contribution in [0.3, 0.4) is 0 Å². The molecule has 0 aromatic rings. The van der Waals surface area contributed by atoms with Crippen LogP contribution in [-0.4, -0.2) is 43.9 Å². The standard InChI is InChI=1S/C8H15NO3/c1-3-12-7-4-5-9(6-7)8(10)11-2/h7H,3-6H2,1-2H3. The van der Waals surface area contributed by atoms with Gasteiger partial charge in [-0.25, -0.2) is 4.79 Å². The smallest absolute Gasteiger partial charge is 0.409 e. The first-order chi connectivity index (χ1) is 5.77. The molecule has 1 aliphatic rings. The molecule has 0 aromatic heterocycles. The van der Waals surface area contributed by atoms with E-state index in [9.17, 15) is 4.79 Å². The van der Waals surface area contributed by atoms with Gasteiger partial charge >= 0.3 is 6.09 Å². The summed E-state index contributed by atoms with van der Waals surface area (Å²) < 4.78 is 9.97. The van der Waals surface area contributed by atoms with E-state index in [1.54, 1.807) is 4.90 Å². The highest BCUT2D eigenvalue weighted by Crippen LogP contribution is 2.12. The Morgan fingerprint density at radius 1 is 1.67 bits per heavy atom. The van der Waals surface area contributed by atoms with Gasteiger partial charge in [0.05, 0.1) is 19.8 Å². The van der Waals surface area contributed by atoms with E-state index in [0.717, 1.165) is 13.0 Å². The highest BCUT2D eigenvalue weighted by Gasteiger charge is 2.26. The van der Waals surface area contributed by atoms with Gasteiger partial charge in [0, 0.05) is 13.2 Å². The third kappa shape index (κ3) is 2.11. The van der Waals surface area contributed by atoms with E-state index < -0.39 is 0 Å². The Hall–Kier alpha value is -0.770. The molecule has 0 aliphatic carbocycles. The second-order valence-corrected chi connectivity index (χ2v) is 2.78. The third-order valence-corrected chi connectivity index (χ3v) is 1.98.